The number of rotatable bonds is 2. The summed E-state index contributed by atoms with van der Waals surface area (Å²) in [5, 5.41) is 15.7. The Kier molecular flexibility index (Phi) is 4.06. The van der Waals surface area contributed by atoms with Gasteiger partial charge in [0.15, 0.2) is 0 Å². The number of amides is 1. The maximum Gasteiger partial charge on any atom is 0.274 e. The van der Waals surface area contributed by atoms with E-state index < -0.39 is 5.91 Å². The molecule has 1 aromatic rings. The summed E-state index contributed by atoms with van der Waals surface area (Å²) in [7, 11) is 0. The molecule has 1 aliphatic carbocycles. The first-order valence-electron chi connectivity index (χ1n) is 8.83. The van der Waals surface area contributed by atoms with E-state index in [2.05, 4.69) is 10.6 Å². The normalized spacial score (nSPS) is 25.8. The van der Waals surface area contributed by atoms with Gasteiger partial charge in [0.25, 0.3) is 5.91 Å². The fraction of sp³-hybridized carbons (Fsp3) is 0.611. The number of halogens is 1. The Hall–Kier alpha value is -1.50. The van der Waals surface area contributed by atoms with Crippen molar-refractivity contribution in [2.75, 3.05) is 19.6 Å². The van der Waals surface area contributed by atoms with Gasteiger partial charge in [-0.1, -0.05) is 0 Å². The largest absolute Gasteiger partial charge is 0.317 e. The summed E-state index contributed by atoms with van der Waals surface area (Å²) in [5.74, 6) is -0.534. The fourth-order valence-electron chi connectivity index (χ4n) is 4.95. The molecule has 1 saturated heterocycles. The van der Waals surface area contributed by atoms with Crippen molar-refractivity contribution in [1.29, 1.82) is 0 Å². The summed E-state index contributed by atoms with van der Waals surface area (Å²) in [5.41, 5.74) is 3.84. The van der Waals surface area contributed by atoms with Crippen molar-refractivity contribution in [1.82, 2.24) is 16.1 Å². The van der Waals surface area contributed by atoms with E-state index in [1.807, 2.05) is 0 Å². The number of carbonyl (C=O) groups excluding carboxylic acids is 1. The van der Waals surface area contributed by atoms with Crippen molar-refractivity contribution >= 4 is 5.91 Å². The minimum Gasteiger partial charge on any atom is -0.317 e. The first kappa shape index (κ1) is 16.0. The molecule has 130 valence electrons. The van der Waals surface area contributed by atoms with Gasteiger partial charge in [-0.15, -0.1) is 0 Å². The van der Waals surface area contributed by atoms with E-state index >= 15 is 0 Å². The topological polar surface area (TPSA) is 73.4 Å². The third kappa shape index (κ3) is 2.62. The third-order valence-corrected chi connectivity index (χ3v) is 6.17. The van der Waals surface area contributed by atoms with Crippen molar-refractivity contribution in [3.63, 3.8) is 0 Å². The highest BCUT2D eigenvalue weighted by Crippen LogP contribution is 2.56. The van der Waals surface area contributed by atoms with Gasteiger partial charge in [-0.05, 0) is 80.8 Å². The molecule has 3 aliphatic rings. The van der Waals surface area contributed by atoms with Crippen LogP contribution in [0.2, 0.25) is 0 Å². The smallest absolute Gasteiger partial charge is 0.274 e. The summed E-state index contributed by atoms with van der Waals surface area (Å²) >= 11 is 0. The molecule has 1 atom stereocenters. The number of hydrogen-bond acceptors (Lipinski definition) is 4. The van der Waals surface area contributed by atoms with Crippen LogP contribution in [0.4, 0.5) is 4.39 Å². The lowest BCUT2D eigenvalue weighted by atomic mass is 9.55. The van der Waals surface area contributed by atoms with Crippen LogP contribution in [0.3, 0.4) is 0 Å². The van der Waals surface area contributed by atoms with Crippen LogP contribution in [0, 0.1) is 17.2 Å². The Labute approximate surface area is 141 Å². The van der Waals surface area contributed by atoms with Crippen molar-refractivity contribution < 1.29 is 14.4 Å². The van der Waals surface area contributed by atoms with Crippen LogP contribution in [0.1, 0.15) is 53.2 Å². The predicted molar refractivity (Wildman–Crippen MR) is 87.4 cm³/mol. The molecule has 4 rings (SSSR count). The maximum atomic E-state index is 14.7. The Balaban J connectivity index is 1.57. The third-order valence-electron chi connectivity index (χ3n) is 6.17. The molecular formula is C18H24FN3O2. The zero-order chi connectivity index (χ0) is 16.7. The Morgan fingerprint density at radius 2 is 2.00 bits per heavy atom. The molecule has 6 heteroatoms. The predicted octanol–water partition coefficient (Wildman–Crippen LogP) is 1.91. The lowest BCUT2D eigenvalue weighted by Gasteiger charge is -2.54. The highest BCUT2D eigenvalue weighted by molar-refractivity contribution is 5.93. The molecule has 5 nitrogen and oxygen atoms in total. The van der Waals surface area contributed by atoms with Gasteiger partial charge in [-0.2, -0.15) is 0 Å². The summed E-state index contributed by atoms with van der Waals surface area (Å²) in [6.07, 6.45) is 5.47. The SMILES string of the molecule is O=C(NO)c1cc(F)c2c(c1)CCNC2C1CC2(CCNCC2)C1. The average Bonchev–Trinajstić information content (AvgIpc) is 2.59. The van der Waals surface area contributed by atoms with Crippen LogP contribution in [0.25, 0.3) is 0 Å². The number of fused-ring (bicyclic) bond motifs is 1. The van der Waals surface area contributed by atoms with Gasteiger partial charge in [0, 0.05) is 17.2 Å². The number of carbonyl (C=O) groups is 1. The Bertz CT molecular complexity index is 650. The average molecular weight is 333 g/mol. The van der Waals surface area contributed by atoms with E-state index in [9.17, 15) is 9.18 Å². The van der Waals surface area contributed by atoms with Gasteiger partial charge in [0.2, 0.25) is 0 Å². The van der Waals surface area contributed by atoms with Gasteiger partial charge in [0.05, 0.1) is 0 Å². The zero-order valence-corrected chi connectivity index (χ0v) is 13.7. The summed E-state index contributed by atoms with van der Waals surface area (Å²) < 4.78 is 14.7. The first-order valence-corrected chi connectivity index (χ1v) is 8.83. The van der Waals surface area contributed by atoms with Crippen LogP contribution < -0.4 is 16.1 Å². The van der Waals surface area contributed by atoms with Crippen LogP contribution in [0.5, 0.6) is 0 Å². The highest BCUT2D eigenvalue weighted by Gasteiger charge is 2.48. The fourth-order valence-corrected chi connectivity index (χ4v) is 4.95. The number of benzene rings is 1. The summed E-state index contributed by atoms with van der Waals surface area (Å²) in [6, 6.07) is 3.00. The molecule has 1 spiro atoms. The minimum atomic E-state index is -0.663. The molecule has 24 heavy (non-hydrogen) atoms. The zero-order valence-electron chi connectivity index (χ0n) is 13.7. The number of hydroxylamine groups is 1. The van der Waals surface area contributed by atoms with Gasteiger partial charge in [0.1, 0.15) is 5.82 Å². The van der Waals surface area contributed by atoms with E-state index in [0.717, 1.165) is 43.6 Å². The lowest BCUT2D eigenvalue weighted by molar-refractivity contribution is -0.000958. The number of hydrogen-bond donors (Lipinski definition) is 4. The molecular weight excluding hydrogens is 309 g/mol. The second kappa shape index (κ2) is 6.10. The number of nitrogens with one attached hydrogen (secondary N) is 3. The van der Waals surface area contributed by atoms with Crippen molar-refractivity contribution in [3.05, 3.63) is 34.6 Å². The molecule has 1 amide bonds. The molecule has 1 unspecified atom stereocenters. The van der Waals surface area contributed by atoms with Gasteiger partial charge in [-0.25, -0.2) is 9.87 Å². The first-order chi connectivity index (χ1) is 11.6. The van der Waals surface area contributed by atoms with Gasteiger partial charge >= 0.3 is 0 Å². The van der Waals surface area contributed by atoms with Crippen LogP contribution in [-0.4, -0.2) is 30.7 Å². The molecule has 1 saturated carbocycles. The highest BCUT2D eigenvalue weighted by atomic mass is 19.1. The van der Waals surface area contributed by atoms with Crippen molar-refractivity contribution in [2.24, 2.45) is 11.3 Å². The van der Waals surface area contributed by atoms with Gasteiger partial charge < -0.3 is 10.6 Å². The molecule has 2 fully saturated rings. The minimum absolute atomic E-state index is 0.0421. The van der Waals surface area contributed by atoms with Crippen molar-refractivity contribution in [2.45, 2.75) is 38.1 Å². The molecule has 0 aromatic heterocycles. The number of piperidine rings is 1. The monoisotopic (exact) mass is 333 g/mol. The Morgan fingerprint density at radius 3 is 2.71 bits per heavy atom. The summed E-state index contributed by atoms with van der Waals surface area (Å²) in [4.78, 5) is 11.6. The molecule has 0 radical (unpaired) electrons. The van der Waals surface area contributed by atoms with Gasteiger partial charge in [-0.3, -0.25) is 10.0 Å². The molecule has 2 aliphatic heterocycles. The van der Waals surface area contributed by atoms with Crippen molar-refractivity contribution in [3.8, 4) is 0 Å². The van der Waals surface area contributed by atoms with E-state index in [4.69, 9.17) is 5.21 Å². The standard InChI is InChI=1S/C18H24FN3O2/c19-14-8-12(17(23)22-24)7-11-1-4-21-16(15(11)14)13-9-18(10-13)2-5-20-6-3-18/h7-8,13,16,20-21,24H,1-6,9-10H2,(H,22,23). The van der Waals surface area contributed by atoms with E-state index in [1.165, 1.54) is 18.9 Å². The molecule has 2 heterocycles. The Morgan fingerprint density at radius 1 is 1.25 bits per heavy atom. The second-order valence-corrected chi connectivity index (χ2v) is 7.57. The van der Waals surface area contributed by atoms with E-state index in [1.54, 1.807) is 11.5 Å². The molecule has 4 N–H and O–H groups in total. The molecule has 0 bridgehead atoms. The van der Waals surface area contributed by atoms with Crippen LogP contribution in [-0.2, 0) is 6.42 Å². The quantitative estimate of drug-likeness (QED) is 0.493. The van der Waals surface area contributed by atoms with Crippen LogP contribution >= 0.6 is 0 Å². The lowest BCUT2D eigenvalue weighted by Crippen LogP contribution is -2.50. The second-order valence-electron chi connectivity index (χ2n) is 7.57. The van der Waals surface area contributed by atoms with E-state index in [-0.39, 0.29) is 17.4 Å². The van der Waals surface area contributed by atoms with Crippen LogP contribution in [0.15, 0.2) is 12.1 Å². The molecule has 1 aromatic carbocycles. The van der Waals surface area contributed by atoms with E-state index in [0.29, 0.717) is 17.8 Å². The maximum absolute atomic E-state index is 14.7. The summed E-state index contributed by atoms with van der Waals surface area (Å²) in [6.45, 7) is 2.98.